The predicted molar refractivity (Wildman–Crippen MR) is 124 cm³/mol. The van der Waals surface area contributed by atoms with Crippen molar-refractivity contribution in [3.05, 3.63) is 59.4 Å². The molecule has 0 spiro atoms. The van der Waals surface area contributed by atoms with E-state index < -0.39 is 10.0 Å². The van der Waals surface area contributed by atoms with E-state index in [0.717, 1.165) is 17.1 Å². The minimum atomic E-state index is -3.74. The van der Waals surface area contributed by atoms with Crippen molar-refractivity contribution in [3.63, 3.8) is 0 Å². The number of nitrogens with zero attached hydrogens (tertiary/aromatic N) is 3. The molecule has 8 nitrogen and oxygen atoms in total. The summed E-state index contributed by atoms with van der Waals surface area (Å²) in [6.07, 6.45) is 0. The fourth-order valence-corrected chi connectivity index (χ4v) is 4.47. The molecule has 0 aliphatic heterocycles. The van der Waals surface area contributed by atoms with E-state index in [1.54, 1.807) is 50.4 Å². The van der Waals surface area contributed by atoms with Gasteiger partial charge in [0.25, 0.3) is 10.0 Å². The van der Waals surface area contributed by atoms with E-state index in [1.165, 1.54) is 0 Å². The lowest BCUT2D eigenvalue weighted by Gasteiger charge is -2.15. The van der Waals surface area contributed by atoms with Gasteiger partial charge in [0.15, 0.2) is 0 Å². The second kappa shape index (κ2) is 8.81. The molecule has 0 aliphatic carbocycles. The van der Waals surface area contributed by atoms with Crippen LogP contribution in [0.5, 0.6) is 5.75 Å². The molecule has 2 N–H and O–H groups in total. The van der Waals surface area contributed by atoms with Gasteiger partial charge in [0, 0.05) is 31.5 Å². The molecule has 164 valence electrons. The Morgan fingerprint density at radius 1 is 0.903 bits per heavy atom. The van der Waals surface area contributed by atoms with Crippen molar-refractivity contribution in [1.82, 2.24) is 9.97 Å². The van der Waals surface area contributed by atoms with Gasteiger partial charge in [-0.05, 0) is 68.3 Å². The second-order valence-electron chi connectivity index (χ2n) is 7.45. The molecule has 2 aromatic carbocycles. The number of aromatic nitrogens is 2. The highest BCUT2D eigenvalue weighted by atomic mass is 32.2. The van der Waals surface area contributed by atoms with E-state index in [2.05, 4.69) is 20.0 Å². The molecule has 0 unspecified atom stereocenters. The molecule has 3 aromatic rings. The fraction of sp³-hybridized carbons (Fsp3) is 0.273. The van der Waals surface area contributed by atoms with Crippen molar-refractivity contribution in [2.75, 3.05) is 36.1 Å². The molecule has 0 atom stereocenters. The number of methoxy groups -OCH3 is 1. The summed E-state index contributed by atoms with van der Waals surface area (Å²) in [7, 11) is 1.66. The van der Waals surface area contributed by atoms with Crippen molar-refractivity contribution in [2.45, 2.75) is 25.7 Å². The van der Waals surface area contributed by atoms with Crippen LogP contribution in [0.2, 0.25) is 0 Å². The Hall–Kier alpha value is -3.33. The maximum absolute atomic E-state index is 12.9. The molecule has 0 bridgehead atoms. The molecule has 0 aliphatic rings. The van der Waals surface area contributed by atoms with Crippen molar-refractivity contribution >= 4 is 33.0 Å². The zero-order valence-electron chi connectivity index (χ0n) is 18.5. The summed E-state index contributed by atoms with van der Waals surface area (Å²) < 4.78 is 33.7. The minimum Gasteiger partial charge on any atom is -0.496 e. The highest BCUT2D eigenvalue weighted by Gasteiger charge is 2.19. The number of benzene rings is 2. The molecule has 1 heterocycles. The third kappa shape index (κ3) is 5.24. The highest BCUT2D eigenvalue weighted by Crippen LogP contribution is 2.28. The second-order valence-corrected chi connectivity index (χ2v) is 9.10. The van der Waals surface area contributed by atoms with Gasteiger partial charge in [-0.3, -0.25) is 4.72 Å². The van der Waals surface area contributed by atoms with Gasteiger partial charge in [-0.2, -0.15) is 0 Å². The predicted octanol–water partition coefficient (Wildman–Crippen LogP) is 4.02. The number of hydrogen-bond donors (Lipinski definition) is 2. The van der Waals surface area contributed by atoms with Crippen LogP contribution in [0.4, 0.5) is 23.0 Å². The molecule has 0 fully saturated rings. The summed E-state index contributed by atoms with van der Waals surface area (Å²) in [5, 5.41) is 3.22. The Morgan fingerprint density at radius 2 is 1.55 bits per heavy atom. The van der Waals surface area contributed by atoms with Gasteiger partial charge in [-0.1, -0.05) is 0 Å². The number of ether oxygens (including phenoxy) is 1. The van der Waals surface area contributed by atoms with Crippen molar-refractivity contribution < 1.29 is 13.2 Å². The van der Waals surface area contributed by atoms with Crippen molar-refractivity contribution in [3.8, 4) is 5.75 Å². The van der Waals surface area contributed by atoms with E-state index in [4.69, 9.17) is 4.74 Å². The Labute approximate surface area is 183 Å². The Balaban J connectivity index is 1.79. The van der Waals surface area contributed by atoms with Crippen LogP contribution in [0.3, 0.4) is 0 Å². The van der Waals surface area contributed by atoms with E-state index in [-0.39, 0.29) is 4.90 Å². The first-order chi connectivity index (χ1) is 14.6. The molecule has 3 rings (SSSR count). The third-order valence-electron chi connectivity index (χ3n) is 4.67. The molecule has 0 amide bonds. The number of rotatable bonds is 7. The van der Waals surface area contributed by atoms with E-state index in [1.807, 2.05) is 38.9 Å². The average molecular weight is 442 g/mol. The largest absolute Gasteiger partial charge is 0.496 e. The Bertz CT molecular complexity index is 1190. The maximum atomic E-state index is 12.9. The Morgan fingerprint density at radius 3 is 2.16 bits per heavy atom. The topological polar surface area (TPSA) is 96.5 Å². The Kier molecular flexibility index (Phi) is 6.35. The minimum absolute atomic E-state index is 0.223. The maximum Gasteiger partial charge on any atom is 0.262 e. The van der Waals surface area contributed by atoms with E-state index in [0.29, 0.717) is 28.6 Å². The summed E-state index contributed by atoms with van der Waals surface area (Å²) in [5.74, 6) is 2.77. The van der Waals surface area contributed by atoms with Crippen LogP contribution < -0.4 is 19.7 Å². The van der Waals surface area contributed by atoms with Gasteiger partial charge >= 0.3 is 0 Å². The molecule has 31 heavy (non-hydrogen) atoms. The van der Waals surface area contributed by atoms with Gasteiger partial charge in [0.2, 0.25) is 0 Å². The number of anilines is 4. The fourth-order valence-electron chi connectivity index (χ4n) is 3.10. The van der Waals surface area contributed by atoms with Crippen LogP contribution in [-0.2, 0) is 10.0 Å². The molecule has 1 aromatic heterocycles. The monoisotopic (exact) mass is 441 g/mol. The summed E-state index contributed by atoms with van der Waals surface area (Å²) in [6.45, 7) is 5.39. The molecule has 0 saturated heterocycles. The van der Waals surface area contributed by atoms with E-state index >= 15 is 0 Å². The zero-order chi connectivity index (χ0) is 22.8. The van der Waals surface area contributed by atoms with Crippen LogP contribution in [-0.4, -0.2) is 39.6 Å². The summed E-state index contributed by atoms with van der Waals surface area (Å²) in [4.78, 5) is 10.9. The van der Waals surface area contributed by atoms with Gasteiger partial charge in [0.1, 0.15) is 23.2 Å². The van der Waals surface area contributed by atoms with E-state index in [9.17, 15) is 8.42 Å². The van der Waals surface area contributed by atoms with Gasteiger partial charge in [-0.15, -0.1) is 0 Å². The summed E-state index contributed by atoms with van der Waals surface area (Å²) >= 11 is 0. The quantitative estimate of drug-likeness (QED) is 0.572. The highest BCUT2D eigenvalue weighted by molar-refractivity contribution is 7.92. The third-order valence-corrected chi connectivity index (χ3v) is 6.20. The van der Waals surface area contributed by atoms with Gasteiger partial charge in [-0.25, -0.2) is 18.4 Å². The number of hydrogen-bond acceptors (Lipinski definition) is 7. The number of nitrogens with one attached hydrogen (secondary N) is 2. The smallest absolute Gasteiger partial charge is 0.262 e. The lowest BCUT2D eigenvalue weighted by molar-refractivity contribution is 0.411. The average Bonchev–Trinajstić information content (AvgIpc) is 2.70. The van der Waals surface area contributed by atoms with Crippen LogP contribution >= 0.6 is 0 Å². The zero-order valence-corrected chi connectivity index (χ0v) is 19.3. The molecule has 0 radical (unpaired) electrons. The van der Waals surface area contributed by atoms with Crippen LogP contribution in [0.25, 0.3) is 0 Å². The van der Waals surface area contributed by atoms with Crippen molar-refractivity contribution in [2.24, 2.45) is 0 Å². The summed E-state index contributed by atoms with van der Waals surface area (Å²) in [6, 6.07) is 12.2. The van der Waals surface area contributed by atoms with Crippen molar-refractivity contribution in [1.29, 1.82) is 0 Å². The first-order valence-corrected chi connectivity index (χ1v) is 11.2. The number of sulfonamides is 1. The normalized spacial score (nSPS) is 11.2. The van der Waals surface area contributed by atoms with Crippen LogP contribution in [0.15, 0.2) is 47.4 Å². The lowest BCUT2D eigenvalue weighted by atomic mass is 10.1. The number of aryl methyl sites for hydroxylation is 3. The first-order valence-electron chi connectivity index (χ1n) is 9.67. The van der Waals surface area contributed by atoms with Gasteiger partial charge < -0.3 is 15.0 Å². The SMILES string of the molecule is COc1cc(C)c(S(=O)(=O)Nc2ccc(Nc3cc(N(C)C)nc(C)n3)cc2)cc1C. The molecule has 0 saturated carbocycles. The van der Waals surface area contributed by atoms with Crippen LogP contribution in [0, 0.1) is 20.8 Å². The van der Waals surface area contributed by atoms with Gasteiger partial charge in [0.05, 0.1) is 12.0 Å². The summed E-state index contributed by atoms with van der Waals surface area (Å²) in [5.41, 5.74) is 2.61. The van der Waals surface area contributed by atoms with Crippen LogP contribution in [0.1, 0.15) is 17.0 Å². The molecular weight excluding hydrogens is 414 g/mol. The molecular formula is C22H27N5O3S. The lowest BCUT2D eigenvalue weighted by Crippen LogP contribution is -2.14. The molecule has 9 heteroatoms. The first kappa shape index (κ1) is 22.4. The standard InChI is InChI=1S/C22H27N5O3S/c1-14-12-20(15(2)11-19(14)30-6)31(28,29)26-18-9-7-17(8-10-18)25-21-13-22(27(4)5)24-16(3)23-21/h7-13,26H,1-6H3,(H,23,24,25).